The predicted octanol–water partition coefficient (Wildman–Crippen LogP) is 2.95. The van der Waals surface area contributed by atoms with Crippen LogP contribution in [-0.4, -0.2) is 14.5 Å². The van der Waals surface area contributed by atoms with Crippen molar-refractivity contribution < 1.29 is 8.42 Å². The average molecular weight is 310 g/mol. The molecule has 21 heavy (non-hydrogen) atoms. The van der Waals surface area contributed by atoms with Crippen molar-refractivity contribution >= 4 is 10.0 Å². The van der Waals surface area contributed by atoms with Crippen LogP contribution in [0.5, 0.6) is 0 Å². The van der Waals surface area contributed by atoms with E-state index >= 15 is 0 Å². The standard InChI is InChI=1S/C16H26N2O2S/c1-3-16(17)13-5-4-6-15(11-13)21(19,20)18-14-9-7-12(2)8-10-14/h4-6,11-12,14,16,18H,3,7-10,17H2,1-2H3. The van der Waals surface area contributed by atoms with Gasteiger partial charge in [-0.1, -0.05) is 26.0 Å². The maximum Gasteiger partial charge on any atom is 0.240 e. The van der Waals surface area contributed by atoms with Gasteiger partial charge in [0.05, 0.1) is 4.90 Å². The molecule has 0 aromatic heterocycles. The Hall–Kier alpha value is -0.910. The average Bonchev–Trinajstić information content (AvgIpc) is 2.49. The third-order valence-electron chi connectivity index (χ3n) is 4.37. The molecular weight excluding hydrogens is 284 g/mol. The van der Waals surface area contributed by atoms with Crippen molar-refractivity contribution in [2.45, 2.75) is 62.9 Å². The lowest BCUT2D eigenvalue weighted by molar-refractivity contribution is 0.332. The third kappa shape index (κ3) is 4.28. The summed E-state index contributed by atoms with van der Waals surface area (Å²) >= 11 is 0. The lowest BCUT2D eigenvalue weighted by Gasteiger charge is -2.26. The van der Waals surface area contributed by atoms with Gasteiger partial charge in [0.15, 0.2) is 0 Å². The van der Waals surface area contributed by atoms with Gasteiger partial charge < -0.3 is 5.73 Å². The molecule has 118 valence electrons. The molecular formula is C16H26N2O2S. The Morgan fingerprint density at radius 3 is 2.57 bits per heavy atom. The van der Waals surface area contributed by atoms with Gasteiger partial charge in [-0.2, -0.15) is 0 Å². The lowest BCUT2D eigenvalue weighted by Crippen LogP contribution is -2.37. The van der Waals surface area contributed by atoms with E-state index in [-0.39, 0.29) is 12.1 Å². The van der Waals surface area contributed by atoms with E-state index in [9.17, 15) is 8.42 Å². The van der Waals surface area contributed by atoms with Crippen LogP contribution < -0.4 is 10.5 Å². The number of sulfonamides is 1. The monoisotopic (exact) mass is 310 g/mol. The van der Waals surface area contributed by atoms with Gasteiger partial charge in [-0.15, -0.1) is 0 Å². The second kappa shape index (κ2) is 6.90. The smallest absolute Gasteiger partial charge is 0.240 e. The maximum atomic E-state index is 12.5. The molecule has 0 heterocycles. The Balaban J connectivity index is 2.12. The largest absolute Gasteiger partial charge is 0.324 e. The van der Waals surface area contributed by atoms with Crippen LogP contribution in [0.4, 0.5) is 0 Å². The van der Waals surface area contributed by atoms with E-state index in [1.807, 2.05) is 13.0 Å². The molecule has 1 unspecified atom stereocenters. The second-order valence-corrected chi connectivity index (χ2v) is 7.88. The quantitative estimate of drug-likeness (QED) is 0.878. The van der Waals surface area contributed by atoms with Gasteiger partial charge in [-0.3, -0.25) is 0 Å². The summed E-state index contributed by atoms with van der Waals surface area (Å²) in [5.74, 6) is 0.705. The molecule has 0 radical (unpaired) electrons. The van der Waals surface area contributed by atoms with Gasteiger partial charge >= 0.3 is 0 Å². The highest BCUT2D eigenvalue weighted by atomic mass is 32.2. The van der Waals surface area contributed by atoms with Crippen molar-refractivity contribution in [3.05, 3.63) is 29.8 Å². The van der Waals surface area contributed by atoms with Crippen molar-refractivity contribution in [3.63, 3.8) is 0 Å². The Bertz CT molecular complexity index is 563. The van der Waals surface area contributed by atoms with Crippen LogP contribution in [0.3, 0.4) is 0 Å². The van der Waals surface area contributed by atoms with Gasteiger partial charge in [0, 0.05) is 12.1 Å². The van der Waals surface area contributed by atoms with Crippen LogP contribution in [0.1, 0.15) is 57.6 Å². The number of nitrogens with two attached hydrogens (primary N) is 1. The Kier molecular flexibility index (Phi) is 5.41. The molecule has 1 saturated carbocycles. The van der Waals surface area contributed by atoms with Crippen molar-refractivity contribution in [2.75, 3.05) is 0 Å². The van der Waals surface area contributed by atoms with E-state index in [1.165, 1.54) is 0 Å². The van der Waals surface area contributed by atoms with E-state index in [0.29, 0.717) is 10.8 Å². The minimum Gasteiger partial charge on any atom is -0.324 e. The molecule has 1 aliphatic carbocycles. The fourth-order valence-corrected chi connectivity index (χ4v) is 4.17. The molecule has 5 heteroatoms. The van der Waals surface area contributed by atoms with Crippen LogP contribution in [-0.2, 0) is 10.0 Å². The van der Waals surface area contributed by atoms with Crippen LogP contribution in [0.25, 0.3) is 0 Å². The number of rotatable bonds is 5. The molecule has 4 nitrogen and oxygen atoms in total. The molecule has 1 fully saturated rings. The highest BCUT2D eigenvalue weighted by Gasteiger charge is 2.24. The third-order valence-corrected chi connectivity index (χ3v) is 5.89. The Morgan fingerprint density at radius 2 is 1.95 bits per heavy atom. The zero-order chi connectivity index (χ0) is 15.5. The highest BCUT2D eigenvalue weighted by Crippen LogP contribution is 2.25. The molecule has 3 N–H and O–H groups in total. The minimum atomic E-state index is -3.45. The molecule has 0 saturated heterocycles. The molecule has 1 atom stereocenters. The lowest BCUT2D eigenvalue weighted by atomic mass is 9.88. The summed E-state index contributed by atoms with van der Waals surface area (Å²) in [7, 11) is -3.45. The summed E-state index contributed by atoms with van der Waals surface area (Å²) in [6, 6.07) is 6.93. The summed E-state index contributed by atoms with van der Waals surface area (Å²) < 4.78 is 27.8. The summed E-state index contributed by atoms with van der Waals surface area (Å²) in [6.45, 7) is 4.22. The van der Waals surface area contributed by atoms with E-state index in [4.69, 9.17) is 5.73 Å². The molecule has 0 amide bonds. The van der Waals surface area contributed by atoms with E-state index in [1.54, 1.807) is 18.2 Å². The summed E-state index contributed by atoms with van der Waals surface area (Å²) in [5, 5.41) is 0. The molecule has 1 aromatic carbocycles. The summed E-state index contributed by atoms with van der Waals surface area (Å²) in [6.07, 6.45) is 4.82. The maximum absolute atomic E-state index is 12.5. The van der Waals surface area contributed by atoms with E-state index in [0.717, 1.165) is 37.7 Å². The molecule has 1 aliphatic rings. The first kappa shape index (κ1) is 16.5. The van der Waals surface area contributed by atoms with E-state index in [2.05, 4.69) is 11.6 Å². The number of benzene rings is 1. The van der Waals surface area contributed by atoms with Gasteiger partial charge in [0.1, 0.15) is 0 Å². The molecule has 0 aliphatic heterocycles. The van der Waals surface area contributed by atoms with Crippen LogP contribution >= 0.6 is 0 Å². The molecule has 0 spiro atoms. The Morgan fingerprint density at radius 1 is 1.29 bits per heavy atom. The number of hydrogen-bond donors (Lipinski definition) is 2. The SMILES string of the molecule is CCC(N)c1cccc(S(=O)(=O)NC2CCC(C)CC2)c1. The molecule has 1 aromatic rings. The predicted molar refractivity (Wildman–Crippen MR) is 85.4 cm³/mol. The van der Waals surface area contributed by atoms with Gasteiger partial charge in [0.2, 0.25) is 10.0 Å². The van der Waals surface area contributed by atoms with Crippen molar-refractivity contribution in [2.24, 2.45) is 11.7 Å². The first-order valence-electron chi connectivity index (χ1n) is 7.80. The minimum absolute atomic E-state index is 0.0645. The van der Waals surface area contributed by atoms with Crippen molar-refractivity contribution in [1.82, 2.24) is 4.72 Å². The normalized spacial score (nSPS) is 24.7. The van der Waals surface area contributed by atoms with Gasteiger partial charge in [-0.05, 0) is 55.7 Å². The van der Waals surface area contributed by atoms with Crippen molar-refractivity contribution in [1.29, 1.82) is 0 Å². The van der Waals surface area contributed by atoms with Crippen LogP contribution in [0.2, 0.25) is 0 Å². The number of hydrogen-bond acceptors (Lipinski definition) is 3. The van der Waals surface area contributed by atoms with Gasteiger partial charge in [-0.25, -0.2) is 13.1 Å². The fourth-order valence-electron chi connectivity index (χ4n) is 2.81. The zero-order valence-electron chi connectivity index (χ0n) is 12.9. The van der Waals surface area contributed by atoms with Crippen LogP contribution in [0.15, 0.2) is 29.2 Å². The molecule has 2 rings (SSSR count). The number of nitrogens with one attached hydrogen (secondary N) is 1. The zero-order valence-corrected chi connectivity index (χ0v) is 13.7. The Labute approximate surface area is 128 Å². The summed E-state index contributed by atoms with van der Waals surface area (Å²) in [4.78, 5) is 0.322. The van der Waals surface area contributed by atoms with Crippen LogP contribution in [0, 0.1) is 5.92 Å². The van der Waals surface area contributed by atoms with Gasteiger partial charge in [0.25, 0.3) is 0 Å². The summed E-state index contributed by atoms with van der Waals surface area (Å²) in [5.41, 5.74) is 6.86. The van der Waals surface area contributed by atoms with Crippen molar-refractivity contribution in [3.8, 4) is 0 Å². The highest BCUT2D eigenvalue weighted by molar-refractivity contribution is 7.89. The van der Waals surface area contributed by atoms with E-state index < -0.39 is 10.0 Å². The fraction of sp³-hybridized carbons (Fsp3) is 0.625. The second-order valence-electron chi connectivity index (χ2n) is 6.17. The first-order valence-corrected chi connectivity index (χ1v) is 9.28. The molecule has 0 bridgehead atoms. The first-order chi connectivity index (χ1) is 9.92. The topological polar surface area (TPSA) is 72.2 Å².